The summed E-state index contributed by atoms with van der Waals surface area (Å²) in [6, 6.07) is 14.9. The first-order chi connectivity index (χ1) is 7.95. The molecule has 1 aliphatic heterocycles. The molecule has 0 radical (unpaired) electrons. The van der Waals surface area contributed by atoms with Gasteiger partial charge in [-0.25, -0.2) is 0 Å². The van der Waals surface area contributed by atoms with Crippen molar-refractivity contribution >= 4 is 0 Å². The second-order valence-electron chi connectivity index (χ2n) is 4.13. The van der Waals surface area contributed by atoms with E-state index in [9.17, 15) is 0 Å². The first kappa shape index (κ1) is 9.55. The Morgan fingerprint density at radius 1 is 1.00 bits per heavy atom. The zero-order valence-electron chi connectivity index (χ0n) is 9.13. The number of hydrogen-bond acceptors (Lipinski definition) is 1. The van der Waals surface area contributed by atoms with Gasteiger partial charge in [0.25, 0.3) is 0 Å². The molecule has 1 unspecified atom stereocenters. The molecule has 1 aromatic carbocycles. The molecule has 3 rings (SSSR count). The van der Waals surface area contributed by atoms with Crippen LogP contribution in [-0.4, -0.2) is 6.54 Å². The fourth-order valence-corrected chi connectivity index (χ4v) is 2.33. The molecule has 2 heteroatoms. The number of hydrogen-bond donors (Lipinski definition) is 1. The summed E-state index contributed by atoms with van der Waals surface area (Å²) in [4.78, 5) is 0. The number of benzene rings is 1. The van der Waals surface area contributed by atoms with Gasteiger partial charge in [-0.3, -0.25) is 5.32 Å². The Labute approximate surface area is 95.6 Å². The Morgan fingerprint density at radius 3 is 2.69 bits per heavy atom. The van der Waals surface area contributed by atoms with Crippen molar-refractivity contribution in [3.05, 3.63) is 66.0 Å². The van der Waals surface area contributed by atoms with E-state index in [2.05, 4.69) is 58.7 Å². The van der Waals surface area contributed by atoms with Crippen molar-refractivity contribution in [3.8, 4) is 0 Å². The van der Waals surface area contributed by atoms with Crippen LogP contribution >= 0.6 is 0 Å². The summed E-state index contributed by atoms with van der Waals surface area (Å²) < 4.78 is 2.22. The Hall–Kier alpha value is -1.67. The lowest BCUT2D eigenvalue weighted by atomic mass is 9.98. The predicted octanol–water partition coefficient (Wildman–Crippen LogP) is 1.67. The quantitative estimate of drug-likeness (QED) is 0.709. The molecule has 0 saturated heterocycles. The highest BCUT2D eigenvalue weighted by molar-refractivity contribution is 5.30. The molecule has 1 aromatic heterocycles. The summed E-state index contributed by atoms with van der Waals surface area (Å²) in [5.74, 6) is 0. The summed E-state index contributed by atoms with van der Waals surface area (Å²) in [5.41, 5.74) is 2.85. The summed E-state index contributed by atoms with van der Waals surface area (Å²) in [6.07, 6.45) is 5.63. The lowest BCUT2D eigenvalue weighted by Crippen LogP contribution is -2.50. The van der Waals surface area contributed by atoms with Gasteiger partial charge in [0.05, 0.1) is 0 Å². The maximum absolute atomic E-state index is 3.55. The van der Waals surface area contributed by atoms with E-state index in [-0.39, 0.29) is 6.17 Å². The minimum atomic E-state index is 0.283. The van der Waals surface area contributed by atoms with Gasteiger partial charge < -0.3 is 0 Å². The first-order valence-corrected chi connectivity index (χ1v) is 5.72. The largest absolute Gasteiger partial charge is 0.255 e. The van der Waals surface area contributed by atoms with E-state index < -0.39 is 0 Å². The van der Waals surface area contributed by atoms with E-state index >= 15 is 0 Å². The molecule has 80 valence electrons. The van der Waals surface area contributed by atoms with Gasteiger partial charge in [0, 0.05) is 24.2 Å². The molecule has 2 aromatic rings. The summed E-state index contributed by atoms with van der Waals surface area (Å²) in [7, 11) is 0. The lowest BCUT2D eigenvalue weighted by molar-refractivity contribution is -0.719. The number of aromatic nitrogens is 1. The van der Waals surface area contributed by atoms with Crippen LogP contribution in [0.15, 0.2) is 54.9 Å². The number of pyridine rings is 1. The van der Waals surface area contributed by atoms with E-state index in [1.807, 2.05) is 6.07 Å². The monoisotopic (exact) mass is 211 g/mol. The first-order valence-electron chi connectivity index (χ1n) is 5.72. The van der Waals surface area contributed by atoms with Crippen molar-refractivity contribution < 1.29 is 4.57 Å². The standard InChI is InChI=1S/C14H15N2/c1-4-10-16(11-5-1)14-13-7-3-2-6-12(13)8-9-15-14/h1-7,10-11,14-15H,8-9H2/q+1. The van der Waals surface area contributed by atoms with Crippen LogP contribution in [0, 0.1) is 0 Å². The average Bonchev–Trinajstić information content (AvgIpc) is 2.39. The Morgan fingerprint density at radius 2 is 1.81 bits per heavy atom. The van der Waals surface area contributed by atoms with Crippen molar-refractivity contribution in [2.24, 2.45) is 0 Å². The highest BCUT2D eigenvalue weighted by Crippen LogP contribution is 2.19. The van der Waals surface area contributed by atoms with E-state index in [0.29, 0.717) is 0 Å². The molecule has 1 atom stereocenters. The van der Waals surface area contributed by atoms with Crippen LogP contribution in [0.1, 0.15) is 17.3 Å². The molecular weight excluding hydrogens is 196 g/mol. The van der Waals surface area contributed by atoms with E-state index in [1.54, 1.807) is 0 Å². The van der Waals surface area contributed by atoms with Gasteiger partial charge in [0.1, 0.15) is 0 Å². The third kappa shape index (κ3) is 1.61. The molecule has 16 heavy (non-hydrogen) atoms. The van der Waals surface area contributed by atoms with Gasteiger partial charge in [-0.15, -0.1) is 0 Å². The number of nitrogens with zero attached hydrogens (tertiary/aromatic N) is 1. The minimum absolute atomic E-state index is 0.283. The third-order valence-corrected chi connectivity index (χ3v) is 3.12. The third-order valence-electron chi connectivity index (χ3n) is 3.12. The molecule has 0 saturated carbocycles. The summed E-state index contributed by atoms with van der Waals surface area (Å²) in [6.45, 7) is 1.05. The highest BCUT2D eigenvalue weighted by atomic mass is 15.2. The van der Waals surface area contributed by atoms with Crippen LogP contribution in [0.3, 0.4) is 0 Å². The Bertz CT molecular complexity index is 479. The molecule has 2 heterocycles. The summed E-state index contributed by atoms with van der Waals surface area (Å²) in [5, 5.41) is 3.55. The molecule has 0 spiro atoms. The fourth-order valence-electron chi connectivity index (χ4n) is 2.33. The maximum atomic E-state index is 3.55. The van der Waals surface area contributed by atoms with Gasteiger partial charge in [-0.1, -0.05) is 30.3 Å². The molecule has 1 aliphatic rings. The van der Waals surface area contributed by atoms with E-state index in [1.165, 1.54) is 11.1 Å². The van der Waals surface area contributed by atoms with Gasteiger partial charge >= 0.3 is 0 Å². The van der Waals surface area contributed by atoms with Crippen molar-refractivity contribution in [3.63, 3.8) is 0 Å². The smallest absolute Gasteiger partial charge is 0.238 e. The van der Waals surface area contributed by atoms with Crippen LogP contribution in [0.5, 0.6) is 0 Å². The molecule has 0 fully saturated rings. The van der Waals surface area contributed by atoms with Gasteiger partial charge in [0.2, 0.25) is 6.17 Å². The molecule has 2 nitrogen and oxygen atoms in total. The van der Waals surface area contributed by atoms with E-state index in [4.69, 9.17) is 0 Å². The Kier molecular flexibility index (Phi) is 2.43. The average molecular weight is 211 g/mol. The van der Waals surface area contributed by atoms with Crippen LogP contribution in [0.4, 0.5) is 0 Å². The SMILES string of the molecule is c1cc[n+](C2NCCc3ccccc32)cc1. The Balaban J connectivity index is 2.05. The fraction of sp³-hybridized carbons (Fsp3) is 0.214. The maximum Gasteiger partial charge on any atom is 0.238 e. The number of nitrogens with one attached hydrogen (secondary N) is 1. The van der Waals surface area contributed by atoms with Crippen molar-refractivity contribution in [1.29, 1.82) is 0 Å². The zero-order valence-corrected chi connectivity index (χ0v) is 9.13. The van der Waals surface area contributed by atoms with Gasteiger partial charge in [0.15, 0.2) is 12.4 Å². The zero-order chi connectivity index (χ0) is 10.8. The molecule has 1 N–H and O–H groups in total. The normalized spacial score (nSPS) is 19.1. The van der Waals surface area contributed by atoms with Crippen LogP contribution in [0.25, 0.3) is 0 Å². The number of rotatable bonds is 1. The van der Waals surface area contributed by atoms with Crippen molar-refractivity contribution in [2.45, 2.75) is 12.6 Å². The van der Waals surface area contributed by atoms with Crippen molar-refractivity contribution in [1.82, 2.24) is 5.32 Å². The second kappa shape index (κ2) is 4.06. The predicted molar refractivity (Wildman–Crippen MR) is 62.9 cm³/mol. The lowest BCUT2D eigenvalue weighted by Gasteiger charge is -2.22. The second-order valence-corrected chi connectivity index (χ2v) is 4.13. The van der Waals surface area contributed by atoms with Crippen LogP contribution in [0.2, 0.25) is 0 Å². The molecule has 0 amide bonds. The van der Waals surface area contributed by atoms with Gasteiger partial charge in [-0.2, -0.15) is 4.57 Å². The summed E-state index contributed by atoms with van der Waals surface area (Å²) >= 11 is 0. The van der Waals surface area contributed by atoms with Crippen LogP contribution in [-0.2, 0) is 6.42 Å². The topological polar surface area (TPSA) is 15.9 Å². The molecular formula is C14H15N2+. The van der Waals surface area contributed by atoms with Crippen LogP contribution < -0.4 is 9.88 Å². The van der Waals surface area contributed by atoms with Crippen molar-refractivity contribution in [2.75, 3.05) is 6.54 Å². The van der Waals surface area contributed by atoms with E-state index in [0.717, 1.165) is 13.0 Å². The molecule has 0 bridgehead atoms. The van der Waals surface area contributed by atoms with Gasteiger partial charge in [-0.05, 0) is 12.0 Å². The molecule has 0 aliphatic carbocycles. The number of fused-ring (bicyclic) bond motifs is 1. The highest BCUT2D eigenvalue weighted by Gasteiger charge is 2.25. The minimum Gasteiger partial charge on any atom is -0.255 e.